The Balaban J connectivity index is 1.47. The van der Waals surface area contributed by atoms with E-state index in [2.05, 4.69) is 4.98 Å². The van der Waals surface area contributed by atoms with Gasteiger partial charge < -0.3 is 9.32 Å². The van der Waals surface area contributed by atoms with E-state index in [1.54, 1.807) is 11.8 Å². The van der Waals surface area contributed by atoms with Crippen LogP contribution in [0, 0.1) is 12.7 Å². The van der Waals surface area contributed by atoms with Crippen LogP contribution in [0.3, 0.4) is 0 Å². The Hall–Kier alpha value is -3.04. The minimum atomic E-state index is -3.82. The van der Waals surface area contributed by atoms with Gasteiger partial charge in [0.1, 0.15) is 11.6 Å². The second-order valence-electron chi connectivity index (χ2n) is 6.94. The van der Waals surface area contributed by atoms with E-state index in [0.717, 1.165) is 11.6 Å². The lowest BCUT2D eigenvalue weighted by Crippen LogP contribution is -2.50. The first-order chi connectivity index (χ1) is 14.4. The quantitative estimate of drug-likeness (QED) is 0.637. The molecule has 1 aliphatic rings. The fourth-order valence-corrected chi connectivity index (χ4v) is 4.81. The van der Waals surface area contributed by atoms with Crippen molar-refractivity contribution in [2.24, 2.45) is 0 Å². The number of rotatable bonds is 4. The Labute approximate surface area is 173 Å². The normalized spacial score (nSPS) is 15.3. The highest BCUT2D eigenvalue weighted by atomic mass is 32.2. The fraction of sp³-hybridized carbons (Fsp3) is 0.238. The summed E-state index contributed by atoms with van der Waals surface area (Å²) in [5, 5.41) is 0. The van der Waals surface area contributed by atoms with Crippen LogP contribution in [0.4, 0.5) is 4.39 Å². The monoisotopic (exact) mass is 429 g/mol. The van der Waals surface area contributed by atoms with E-state index in [1.165, 1.54) is 22.5 Å². The Bertz CT molecular complexity index is 1170. The first-order valence-corrected chi connectivity index (χ1v) is 10.9. The van der Waals surface area contributed by atoms with Gasteiger partial charge in [-0.25, -0.2) is 17.8 Å². The molecule has 0 saturated carbocycles. The van der Waals surface area contributed by atoms with Crippen LogP contribution in [-0.2, 0) is 10.0 Å². The lowest BCUT2D eigenvalue weighted by molar-refractivity contribution is 0.0691. The average molecular weight is 429 g/mol. The van der Waals surface area contributed by atoms with Crippen LogP contribution in [0.2, 0.25) is 0 Å². The molecule has 4 rings (SSSR count). The van der Waals surface area contributed by atoms with Crippen molar-refractivity contribution in [3.05, 3.63) is 71.9 Å². The molecule has 9 heteroatoms. The van der Waals surface area contributed by atoms with Crippen LogP contribution < -0.4 is 0 Å². The van der Waals surface area contributed by atoms with Crippen LogP contribution in [0.1, 0.15) is 16.2 Å². The van der Waals surface area contributed by atoms with Crippen LogP contribution in [0.5, 0.6) is 0 Å². The molecule has 2 aromatic carbocycles. The number of carbonyl (C=O) groups excluding carboxylic acids is 1. The molecular weight excluding hydrogens is 409 g/mol. The first-order valence-electron chi connectivity index (χ1n) is 9.44. The summed E-state index contributed by atoms with van der Waals surface area (Å²) >= 11 is 0. The van der Waals surface area contributed by atoms with Crippen molar-refractivity contribution >= 4 is 15.9 Å². The van der Waals surface area contributed by atoms with Crippen molar-refractivity contribution in [1.29, 1.82) is 0 Å². The second-order valence-corrected chi connectivity index (χ2v) is 8.88. The van der Waals surface area contributed by atoms with Crippen molar-refractivity contribution in [2.45, 2.75) is 11.8 Å². The number of piperazine rings is 1. The van der Waals surface area contributed by atoms with E-state index in [-0.39, 0.29) is 42.7 Å². The van der Waals surface area contributed by atoms with Gasteiger partial charge in [-0.05, 0) is 37.3 Å². The van der Waals surface area contributed by atoms with Crippen LogP contribution >= 0.6 is 0 Å². The van der Waals surface area contributed by atoms with Gasteiger partial charge in [0.05, 0.1) is 4.90 Å². The lowest BCUT2D eigenvalue weighted by atomic mass is 10.2. The number of hydrogen-bond acceptors (Lipinski definition) is 5. The summed E-state index contributed by atoms with van der Waals surface area (Å²) in [6, 6.07) is 14.2. The highest BCUT2D eigenvalue weighted by Gasteiger charge is 2.32. The Kier molecular flexibility index (Phi) is 5.40. The highest BCUT2D eigenvalue weighted by Crippen LogP contribution is 2.24. The van der Waals surface area contributed by atoms with E-state index >= 15 is 0 Å². The zero-order valence-electron chi connectivity index (χ0n) is 16.3. The number of nitrogens with zero attached hydrogens (tertiary/aromatic N) is 3. The van der Waals surface area contributed by atoms with Crippen molar-refractivity contribution in [2.75, 3.05) is 26.2 Å². The Morgan fingerprint density at radius 3 is 2.40 bits per heavy atom. The number of amides is 1. The van der Waals surface area contributed by atoms with E-state index in [0.29, 0.717) is 11.7 Å². The molecular formula is C21H20FN3O4S. The summed E-state index contributed by atoms with van der Waals surface area (Å²) in [5.41, 5.74) is 0.987. The molecule has 0 aliphatic carbocycles. The zero-order valence-corrected chi connectivity index (χ0v) is 17.1. The molecule has 0 atom stereocenters. The van der Waals surface area contributed by atoms with Crippen LogP contribution in [-0.4, -0.2) is 54.7 Å². The molecule has 3 aromatic rings. The number of aryl methyl sites for hydroxylation is 1. The molecule has 0 spiro atoms. The Morgan fingerprint density at radius 2 is 1.73 bits per heavy atom. The largest absolute Gasteiger partial charge is 0.441 e. The number of oxazole rings is 1. The minimum absolute atomic E-state index is 0.0953. The molecule has 0 radical (unpaired) electrons. The third-order valence-electron chi connectivity index (χ3n) is 4.98. The van der Waals surface area contributed by atoms with Crippen molar-refractivity contribution < 1.29 is 22.0 Å². The van der Waals surface area contributed by atoms with E-state index in [4.69, 9.17) is 4.42 Å². The summed E-state index contributed by atoms with van der Waals surface area (Å²) in [7, 11) is -3.82. The molecule has 156 valence electrons. The van der Waals surface area contributed by atoms with E-state index in [9.17, 15) is 17.6 Å². The maximum atomic E-state index is 13.4. The zero-order chi connectivity index (χ0) is 21.3. The van der Waals surface area contributed by atoms with Crippen LogP contribution in [0.15, 0.2) is 63.9 Å². The third kappa shape index (κ3) is 3.86. The van der Waals surface area contributed by atoms with Gasteiger partial charge in [0.2, 0.25) is 15.9 Å². The number of sulfonamides is 1. The summed E-state index contributed by atoms with van der Waals surface area (Å²) in [6.45, 7) is 2.33. The SMILES string of the molecule is Cc1oc(-c2ccccc2)nc1C(=O)N1CCN(S(=O)(=O)c2cccc(F)c2)CC1. The summed E-state index contributed by atoms with van der Waals surface area (Å²) in [4.78, 5) is 18.7. The van der Waals surface area contributed by atoms with Gasteiger partial charge in [-0.3, -0.25) is 4.79 Å². The predicted molar refractivity (Wildman–Crippen MR) is 108 cm³/mol. The maximum absolute atomic E-state index is 13.4. The van der Waals surface area contributed by atoms with Gasteiger partial charge >= 0.3 is 0 Å². The molecule has 1 saturated heterocycles. The molecule has 2 heterocycles. The molecule has 1 amide bonds. The van der Waals surface area contributed by atoms with Crippen LogP contribution in [0.25, 0.3) is 11.5 Å². The van der Waals surface area contributed by atoms with Gasteiger partial charge in [-0.2, -0.15) is 4.31 Å². The van der Waals surface area contributed by atoms with Gasteiger partial charge in [-0.15, -0.1) is 0 Å². The average Bonchev–Trinajstić information content (AvgIpc) is 3.15. The van der Waals surface area contributed by atoms with E-state index in [1.807, 2.05) is 30.3 Å². The molecule has 0 unspecified atom stereocenters. The molecule has 7 nitrogen and oxygen atoms in total. The topological polar surface area (TPSA) is 83.7 Å². The second kappa shape index (κ2) is 8.00. The minimum Gasteiger partial charge on any atom is -0.441 e. The van der Waals surface area contributed by atoms with Gasteiger partial charge in [-0.1, -0.05) is 24.3 Å². The summed E-state index contributed by atoms with van der Waals surface area (Å²) in [5.74, 6) is -0.140. The molecule has 30 heavy (non-hydrogen) atoms. The number of carbonyl (C=O) groups is 1. The maximum Gasteiger partial charge on any atom is 0.276 e. The van der Waals surface area contributed by atoms with Crippen molar-refractivity contribution in [3.63, 3.8) is 0 Å². The first kappa shape index (κ1) is 20.2. The summed E-state index contributed by atoms with van der Waals surface area (Å²) < 4.78 is 45.8. The van der Waals surface area contributed by atoms with Gasteiger partial charge in [0.25, 0.3) is 5.91 Å². The number of aromatic nitrogens is 1. The van der Waals surface area contributed by atoms with Crippen molar-refractivity contribution in [3.8, 4) is 11.5 Å². The van der Waals surface area contributed by atoms with Gasteiger partial charge in [0.15, 0.2) is 5.69 Å². The van der Waals surface area contributed by atoms with Gasteiger partial charge in [0, 0.05) is 31.7 Å². The third-order valence-corrected chi connectivity index (χ3v) is 6.87. The number of benzene rings is 2. The number of halogens is 1. The molecule has 1 aliphatic heterocycles. The highest BCUT2D eigenvalue weighted by molar-refractivity contribution is 7.89. The molecule has 0 N–H and O–H groups in total. The smallest absolute Gasteiger partial charge is 0.276 e. The number of hydrogen-bond donors (Lipinski definition) is 0. The molecule has 1 fully saturated rings. The molecule has 1 aromatic heterocycles. The predicted octanol–water partition coefficient (Wildman–Crippen LogP) is 2.94. The van der Waals surface area contributed by atoms with E-state index < -0.39 is 15.8 Å². The standard InChI is InChI=1S/C21H20FN3O4S/c1-15-19(23-20(29-15)16-6-3-2-4-7-16)21(26)24-10-12-25(13-11-24)30(27,28)18-9-5-8-17(22)14-18/h2-9,14H,10-13H2,1H3. The molecule has 0 bridgehead atoms. The lowest BCUT2D eigenvalue weighted by Gasteiger charge is -2.33. The van der Waals surface area contributed by atoms with Crippen molar-refractivity contribution in [1.82, 2.24) is 14.2 Å². The summed E-state index contributed by atoms with van der Waals surface area (Å²) in [6.07, 6.45) is 0. The fourth-order valence-electron chi connectivity index (χ4n) is 3.36. The Morgan fingerprint density at radius 1 is 1.03 bits per heavy atom.